The monoisotopic (exact) mass is 245 g/mol. The third-order valence-electron chi connectivity index (χ3n) is 2.30. The summed E-state index contributed by atoms with van der Waals surface area (Å²) >= 11 is 0. The van der Waals surface area contributed by atoms with Gasteiger partial charge in [-0.3, -0.25) is 4.79 Å². The molecule has 17 heavy (non-hydrogen) atoms. The van der Waals surface area contributed by atoms with Gasteiger partial charge in [-0.25, -0.2) is 0 Å². The molecular formula is C11H23N3O3. The Morgan fingerprint density at radius 2 is 2.12 bits per heavy atom. The molecule has 0 aliphatic heterocycles. The summed E-state index contributed by atoms with van der Waals surface area (Å²) in [6, 6.07) is 0. The lowest BCUT2D eigenvalue weighted by Crippen LogP contribution is -2.46. The number of carbonyl (C=O) groups is 1. The van der Waals surface area contributed by atoms with Gasteiger partial charge >= 0.3 is 0 Å². The molecule has 0 spiro atoms. The molecule has 4 N–H and O–H groups in total. The predicted octanol–water partition coefficient (Wildman–Crippen LogP) is 0.548. The van der Waals surface area contributed by atoms with E-state index in [9.17, 15) is 4.79 Å². The normalized spacial score (nSPS) is 12.9. The molecule has 0 unspecified atom stereocenters. The van der Waals surface area contributed by atoms with Crippen molar-refractivity contribution in [2.45, 2.75) is 27.7 Å². The SMILES string of the molecule is CC(C)COCCNC(=O)C(C)(C)C(N)=NO. The number of hydrogen-bond acceptors (Lipinski definition) is 4. The van der Waals surface area contributed by atoms with Gasteiger partial charge in [0.2, 0.25) is 5.91 Å². The molecule has 0 radical (unpaired) electrons. The molecule has 1 amide bonds. The minimum atomic E-state index is -1.02. The summed E-state index contributed by atoms with van der Waals surface area (Å²) in [7, 11) is 0. The molecule has 100 valence electrons. The Hall–Kier alpha value is -1.30. The lowest BCUT2D eigenvalue weighted by atomic mass is 9.91. The van der Waals surface area contributed by atoms with Crippen molar-refractivity contribution in [3.8, 4) is 0 Å². The molecule has 0 rings (SSSR count). The van der Waals surface area contributed by atoms with E-state index in [-0.39, 0.29) is 11.7 Å². The van der Waals surface area contributed by atoms with Crippen LogP contribution in [0.25, 0.3) is 0 Å². The maximum atomic E-state index is 11.7. The van der Waals surface area contributed by atoms with Gasteiger partial charge in [0, 0.05) is 13.2 Å². The molecule has 0 bridgehead atoms. The van der Waals surface area contributed by atoms with Gasteiger partial charge in [-0.15, -0.1) is 0 Å². The van der Waals surface area contributed by atoms with Crippen LogP contribution in [-0.2, 0) is 9.53 Å². The van der Waals surface area contributed by atoms with Crippen LogP contribution in [0, 0.1) is 11.3 Å². The highest BCUT2D eigenvalue weighted by Gasteiger charge is 2.32. The summed E-state index contributed by atoms with van der Waals surface area (Å²) in [6.45, 7) is 8.82. The highest BCUT2D eigenvalue weighted by molar-refractivity contribution is 6.05. The third-order valence-corrected chi connectivity index (χ3v) is 2.30. The van der Waals surface area contributed by atoms with E-state index in [4.69, 9.17) is 15.7 Å². The lowest BCUT2D eigenvalue weighted by Gasteiger charge is -2.21. The van der Waals surface area contributed by atoms with Crippen LogP contribution >= 0.6 is 0 Å². The summed E-state index contributed by atoms with van der Waals surface area (Å²) in [5.41, 5.74) is 4.41. The number of nitrogens with one attached hydrogen (secondary N) is 1. The number of nitrogens with zero attached hydrogens (tertiary/aromatic N) is 1. The van der Waals surface area contributed by atoms with Gasteiger partial charge in [-0.1, -0.05) is 19.0 Å². The van der Waals surface area contributed by atoms with E-state index < -0.39 is 5.41 Å². The minimum Gasteiger partial charge on any atom is -0.409 e. The maximum absolute atomic E-state index is 11.7. The van der Waals surface area contributed by atoms with Crippen molar-refractivity contribution < 1.29 is 14.7 Å². The highest BCUT2D eigenvalue weighted by Crippen LogP contribution is 2.14. The van der Waals surface area contributed by atoms with Gasteiger partial charge in [0.05, 0.1) is 6.61 Å². The Bertz CT molecular complexity index is 275. The summed E-state index contributed by atoms with van der Waals surface area (Å²) in [5.74, 6) is 0.0679. The van der Waals surface area contributed by atoms with Crippen LogP contribution < -0.4 is 11.1 Å². The van der Waals surface area contributed by atoms with E-state index in [2.05, 4.69) is 24.3 Å². The molecule has 0 saturated carbocycles. The number of hydrogen-bond donors (Lipinski definition) is 3. The van der Waals surface area contributed by atoms with Gasteiger partial charge < -0.3 is 21.0 Å². The van der Waals surface area contributed by atoms with E-state index in [1.807, 2.05) is 0 Å². The van der Waals surface area contributed by atoms with Gasteiger partial charge in [0.15, 0.2) is 5.84 Å². The Morgan fingerprint density at radius 1 is 1.53 bits per heavy atom. The van der Waals surface area contributed by atoms with E-state index in [0.717, 1.165) is 0 Å². The Labute approximate surface area is 102 Å². The first-order valence-corrected chi connectivity index (χ1v) is 5.66. The zero-order valence-corrected chi connectivity index (χ0v) is 11.0. The zero-order chi connectivity index (χ0) is 13.5. The fourth-order valence-corrected chi connectivity index (χ4v) is 1.02. The zero-order valence-electron chi connectivity index (χ0n) is 11.0. The van der Waals surface area contributed by atoms with Crippen LogP contribution in [0.3, 0.4) is 0 Å². The van der Waals surface area contributed by atoms with Crippen LogP contribution in [0.2, 0.25) is 0 Å². The van der Waals surface area contributed by atoms with Gasteiger partial charge in [0.1, 0.15) is 5.41 Å². The molecule has 0 heterocycles. The van der Waals surface area contributed by atoms with Crippen molar-refractivity contribution >= 4 is 11.7 Å². The van der Waals surface area contributed by atoms with E-state index in [1.54, 1.807) is 13.8 Å². The first-order valence-electron chi connectivity index (χ1n) is 5.66. The summed E-state index contributed by atoms with van der Waals surface area (Å²) in [5, 5.41) is 14.1. The average Bonchev–Trinajstić information content (AvgIpc) is 2.26. The molecule has 0 aromatic carbocycles. The molecule has 0 fully saturated rings. The minimum absolute atomic E-state index is 0.113. The summed E-state index contributed by atoms with van der Waals surface area (Å²) in [6.07, 6.45) is 0. The molecule has 0 aromatic heterocycles. The number of carbonyl (C=O) groups excluding carboxylic acids is 1. The van der Waals surface area contributed by atoms with Crippen LogP contribution in [0.4, 0.5) is 0 Å². The molecule has 6 heteroatoms. The summed E-state index contributed by atoms with van der Waals surface area (Å²) < 4.78 is 5.32. The van der Waals surface area contributed by atoms with Crippen LogP contribution in [0.1, 0.15) is 27.7 Å². The lowest BCUT2D eigenvalue weighted by molar-refractivity contribution is -0.126. The quantitative estimate of drug-likeness (QED) is 0.200. The van der Waals surface area contributed by atoms with Gasteiger partial charge in [-0.05, 0) is 19.8 Å². The molecule has 0 atom stereocenters. The number of oxime groups is 1. The summed E-state index contributed by atoms with van der Waals surface area (Å²) in [4.78, 5) is 11.7. The molecule has 0 aromatic rings. The number of amidine groups is 1. The van der Waals surface area contributed by atoms with Crippen LogP contribution in [-0.4, -0.2) is 36.7 Å². The smallest absolute Gasteiger partial charge is 0.233 e. The van der Waals surface area contributed by atoms with Crippen molar-refractivity contribution in [3.63, 3.8) is 0 Å². The number of ether oxygens (including phenoxy) is 1. The molecule has 6 nitrogen and oxygen atoms in total. The molecule has 0 aliphatic rings. The van der Waals surface area contributed by atoms with Crippen molar-refractivity contribution in [3.05, 3.63) is 0 Å². The fourth-order valence-electron chi connectivity index (χ4n) is 1.02. The van der Waals surface area contributed by atoms with Crippen molar-refractivity contribution in [1.82, 2.24) is 5.32 Å². The second-order valence-corrected chi connectivity index (χ2v) is 4.83. The molecule has 0 saturated heterocycles. The first-order chi connectivity index (χ1) is 7.82. The van der Waals surface area contributed by atoms with E-state index >= 15 is 0 Å². The van der Waals surface area contributed by atoms with Crippen molar-refractivity contribution in [1.29, 1.82) is 0 Å². The Kier molecular flexibility index (Phi) is 6.57. The number of amides is 1. The molecule has 0 aliphatic carbocycles. The second kappa shape index (κ2) is 7.11. The third kappa shape index (κ3) is 5.53. The first kappa shape index (κ1) is 15.7. The largest absolute Gasteiger partial charge is 0.409 e. The van der Waals surface area contributed by atoms with E-state index in [1.165, 1.54) is 0 Å². The number of rotatable bonds is 7. The van der Waals surface area contributed by atoms with Gasteiger partial charge in [0.25, 0.3) is 0 Å². The van der Waals surface area contributed by atoms with Crippen molar-refractivity contribution in [2.75, 3.05) is 19.8 Å². The van der Waals surface area contributed by atoms with Crippen molar-refractivity contribution in [2.24, 2.45) is 22.2 Å². The second-order valence-electron chi connectivity index (χ2n) is 4.83. The van der Waals surface area contributed by atoms with E-state index in [0.29, 0.717) is 25.7 Å². The van der Waals surface area contributed by atoms with Crippen LogP contribution in [0.5, 0.6) is 0 Å². The Balaban J connectivity index is 3.94. The Morgan fingerprint density at radius 3 is 2.59 bits per heavy atom. The predicted molar refractivity (Wildman–Crippen MR) is 65.9 cm³/mol. The molecular weight excluding hydrogens is 222 g/mol. The number of nitrogens with two attached hydrogens (primary N) is 1. The highest BCUT2D eigenvalue weighted by atomic mass is 16.5. The maximum Gasteiger partial charge on any atom is 0.233 e. The average molecular weight is 245 g/mol. The fraction of sp³-hybridized carbons (Fsp3) is 0.818. The van der Waals surface area contributed by atoms with Gasteiger partial charge in [-0.2, -0.15) is 0 Å². The topological polar surface area (TPSA) is 96.9 Å². The van der Waals surface area contributed by atoms with Crippen LogP contribution in [0.15, 0.2) is 5.16 Å². The standard InChI is InChI=1S/C11H23N3O3/c1-8(2)7-17-6-5-13-10(15)11(3,4)9(12)14-16/h8,16H,5-7H2,1-4H3,(H2,12,14)(H,13,15).